The van der Waals surface area contributed by atoms with Gasteiger partial charge in [0.25, 0.3) is 0 Å². The number of hydrogen-bond acceptors (Lipinski definition) is 2. The summed E-state index contributed by atoms with van der Waals surface area (Å²) in [4.78, 5) is 14.6. The fraction of sp³-hybridized carbons (Fsp3) is 0.350. The van der Waals surface area contributed by atoms with Gasteiger partial charge < -0.3 is 5.32 Å². The highest BCUT2D eigenvalue weighted by Crippen LogP contribution is 2.23. The smallest absolute Gasteiger partial charge is 0.237 e. The number of benzene rings is 2. The van der Waals surface area contributed by atoms with Crippen molar-refractivity contribution in [2.75, 3.05) is 13.6 Å². The van der Waals surface area contributed by atoms with Gasteiger partial charge in [-0.25, -0.2) is 0 Å². The van der Waals surface area contributed by atoms with E-state index in [-0.39, 0.29) is 11.9 Å². The van der Waals surface area contributed by atoms with E-state index in [1.807, 2.05) is 6.07 Å². The van der Waals surface area contributed by atoms with Gasteiger partial charge in [0, 0.05) is 13.6 Å². The lowest BCUT2D eigenvalue weighted by molar-refractivity contribution is -0.126. The molecular formula is C20H24N2O. The second kappa shape index (κ2) is 7.42. The summed E-state index contributed by atoms with van der Waals surface area (Å²) in [5, 5.41) is 2.82. The largest absolute Gasteiger partial charge is 0.358 e. The Morgan fingerprint density at radius 1 is 1.09 bits per heavy atom. The van der Waals surface area contributed by atoms with Crippen molar-refractivity contribution in [3.63, 3.8) is 0 Å². The van der Waals surface area contributed by atoms with Gasteiger partial charge in [-0.15, -0.1) is 0 Å². The molecule has 0 radical (unpaired) electrons. The van der Waals surface area contributed by atoms with E-state index in [1.54, 1.807) is 7.05 Å². The van der Waals surface area contributed by atoms with Crippen molar-refractivity contribution in [2.24, 2.45) is 0 Å². The average molecular weight is 308 g/mol. The number of amides is 1. The fourth-order valence-corrected chi connectivity index (χ4v) is 3.37. The third-order valence-corrected chi connectivity index (χ3v) is 4.65. The minimum absolute atomic E-state index is 0.0503. The monoisotopic (exact) mass is 308 g/mol. The standard InChI is InChI=1S/C20H24N2O/c1-21-20(23)19-14-17-11-5-6-12-18(17)15-22(19)13-7-10-16-8-3-2-4-9-16/h2-6,8-9,11-12,19H,7,10,13-15H2,1H3,(H,21,23)/t19-/m0/s1. The van der Waals surface area contributed by atoms with Crippen LogP contribution in [0.25, 0.3) is 0 Å². The number of rotatable bonds is 5. The molecule has 3 rings (SSSR count). The highest BCUT2D eigenvalue weighted by molar-refractivity contribution is 5.82. The Hall–Kier alpha value is -2.13. The molecule has 120 valence electrons. The van der Waals surface area contributed by atoms with Crippen LogP contribution < -0.4 is 5.32 Å². The van der Waals surface area contributed by atoms with Gasteiger partial charge in [0.1, 0.15) is 0 Å². The lowest BCUT2D eigenvalue weighted by Gasteiger charge is -2.35. The first-order chi connectivity index (χ1) is 11.3. The summed E-state index contributed by atoms with van der Waals surface area (Å²) in [5.74, 6) is 0.124. The van der Waals surface area contributed by atoms with Crippen molar-refractivity contribution in [3.05, 3.63) is 71.3 Å². The minimum Gasteiger partial charge on any atom is -0.358 e. The molecule has 0 fully saturated rings. The van der Waals surface area contributed by atoms with E-state index in [0.717, 1.165) is 32.4 Å². The number of nitrogens with zero attached hydrogens (tertiary/aromatic N) is 1. The first-order valence-electron chi connectivity index (χ1n) is 8.34. The summed E-state index contributed by atoms with van der Waals surface area (Å²) in [7, 11) is 1.73. The molecule has 2 aromatic rings. The Balaban J connectivity index is 1.67. The number of fused-ring (bicyclic) bond motifs is 1. The lowest BCUT2D eigenvalue weighted by atomic mass is 9.93. The maximum Gasteiger partial charge on any atom is 0.237 e. The second-order valence-electron chi connectivity index (χ2n) is 6.16. The molecule has 0 bridgehead atoms. The average Bonchev–Trinajstić information content (AvgIpc) is 2.61. The lowest BCUT2D eigenvalue weighted by Crippen LogP contribution is -2.49. The van der Waals surface area contributed by atoms with Crippen LogP contribution in [0.5, 0.6) is 0 Å². The molecular weight excluding hydrogens is 284 g/mol. The Labute approximate surface area is 138 Å². The third-order valence-electron chi connectivity index (χ3n) is 4.65. The van der Waals surface area contributed by atoms with E-state index in [1.165, 1.54) is 16.7 Å². The van der Waals surface area contributed by atoms with Crippen LogP contribution >= 0.6 is 0 Å². The number of carbonyl (C=O) groups is 1. The van der Waals surface area contributed by atoms with Crippen LogP contribution in [0.4, 0.5) is 0 Å². The van der Waals surface area contributed by atoms with Gasteiger partial charge in [0.15, 0.2) is 0 Å². The van der Waals surface area contributed by atoms with Gasteiger partial charge in [-0.3, -0.25) is 9.69 Å². The first-order valence-corrected chi connectivity index (χ1v) is 8.34. The fourth-order valence-electron chi connectivity index (χ4n) is 3.37. The highest BCUT2D eigenvalue weighted by atomic mass is 16.2. The molecule has 3 heteroatoms. The molecule has 1 aliphatic rings. The van der Waals surface area contributed by atoms with Gasteiger partial charge >= 0.3 is 0 Å². The Kier molecular flexibility index (Phi) is 5.09. The van der Waals surface area contributed by atoms with Crippen LogP contribution in [-0.2, 0) is 24.2 Å². The maximum absolute atomic E-state index is 12.3. The number of aryl methyl sites for hydroxylation is 1. The van der Waals surface area contributed by atoms with Crippen LogP contribution in [0.1, 0.15) is 23.1 Å². The van der Waals surface area contributed by atoms with E-state index in [4.69, 9.17) is 0 Å². The summed E-state index contributed by atoms with van der Waals surface area (Å²) in [6.07, 6.45) is 2.93. The van der Waals surface area contributed by atoms with Crippen molar-refractivity contribution in [3.8, 4) is 0 Å². The van der Waals surface area contributed by atoms with E-state index >= 15 is 0 Å². The van der Waals surface area contributed by atoms with Crippen LogP contribution in [0, 0.1) is 0 Å². The molecule has 1 N–H and O–H groups in total. The molecule has 1 amide bonds. The van der Waals surface area contributed by atoms with Crippen molar-refractivity contribution in [2.45, 2.75) is 31.8 Å². The van der Waals surface area contributed by atoms with Crippen LogP contribution in [0.15, 0.2) is 54.6 Å². The zero-order valence-corrected chi connectivity index (χ0v) is 13.7. The maximum atomic E-state index is 12.3. The zero-order valence-electron chi connectivity index (χ0n) is 13.7. The number of carbonyl (C=O) groups excluding carboxylic acids is 1. The molecule has 0 saturated heterocycles. The van der Waals surface area contributed by atoms with Crippen molar-refractivity contribution >= 4 is 5.91 Å². The van der Waals surface area contributed by atoms with Gasteiger partial charge in [-0.1, -0.05) is 54.6 Å². The van der Waals surface area contributed by atoms with Gasteiger partial charge in [-0.05, 0) is 42.5 Å². The zero-order chi connectivity index (χ0) is 16.1. The molecule has 0 spiro atoms. The van der Waals surface area contributed by atoms with Gasteiger partial charge in [0.2, 0.25) is 5.91 Å². The topological polar surface area (TPSA) is 32.3 Å². The summed E-state index contributed by atoms with van der Waals surface area (Å²) in [6, 6.07) is 19.0. The quantitative estimate of drug-likeness (QED) is 0.921. The molecule has 0 aliphatic carbocycles. The number of likely N-dealkylation sites (N-methyl/N-ethyl adjacent to an activating group) is 1. The van der Waals surface area contributed by atoms with Crippen LogP contribution in [0.2, 0.25) is 0 Å². The minimum atomic E-state index is -0.0503. The van der Waals surface area contributed by atoms with Crippen LogP contribution in [0.3, 0.4) is 0 Å². The SMILES string of the molecule is CNC(=O)[C@@H]1Cc2ccccc2CN1CCCc1ccccc1. The second-order valence-corrected chi connectivity index (χ2v) is 6.16. The van der Waals surface area contributed by atoms with Crippen molar-refractivity contribution < 1.29 is 4.79 Å². The Bertz CT molecular complexity index is 654. The van der Waals surface area contributed by atoms with Gasteiger partial charge in [-0.2, -0.15) is 0 Å². The van der Waals surface area contributed by atoms with Gasteiger partial charge in [0.05, 0.1) is 6.04 Å². The third kappa shape index (κ3) is 3.80. The molecule has 2 aromatic carbocycles. The molecule has 1 aliphatic heterocycles. The summed E-state index contributed by atoms with van der Waals surface area (Å²) >= 11 is 0. The van der Waals surface area contributed by atoms with E-state index < -0.39 is 0 Å². The number of hydrogen-bond donors (Lipinski definition) is 1. The number of nitrogens with one attached hydrogen (secondary N) is 1. The van der Waals surface area contributed by atoms with Crippen LogP contribution in [-0.4, -0.2) is 30.4 Å². The molecule has 0 aromatic heterocycles. The molecule has 3 nitrogen and oxygen atoms in total. The molecule has 23 heavy (non-hydrogen) atoms. The van der Waals surface area contributed by atoms with E-state index in [9.17, 15) is 4.79 Å². The normalized spacial score (nSPS) is 17.5. The summed E-state index contributed by atoms with van der Waals surface area (Å²) < 4.78 is 0. The predicted octanol–water partition coefficient (Wildman–Crippen LogP) is 2.79. The summed E-state index contributed by atoms with van der Waals surface area (Å²) in [6.45, 7) is 1.81. The van der Waals surface area contributed by atoms with E-state index in [2.05, 4.69) is 58.7 Å². The van der Waals surface area contributed by atoms with Crippen molar-refractivity contribution in [1.29, 1.82) is 0 Å². The molecule has 0 unspecified atom stereocenters. The molecule has 1 atom stereocenters. The highest BCUT2D eigenvalue weighted by Gasteiger charge is 2.30. The first kappa shape index (κ1) is 15.8. The van der Waals surface area contributed by atoms with Crippen molar-refractivity contribution in [1.82, 2.24) is 10.2 Å². The predicted molar refractivity (Wildman–Crippen MR) is 93.2 cm³/mol. The molecule has 1 heterocycles. The molecule has 0 saturated carbocycles. The Morgan fingerprint density at radius 2 is 1.78 bits per heavy atom. The van der Waals surface area contributed by atoms with E-state index in [0.29, 0.717) is 0 Å². The summed E-state index contributed by atoms with van der Waals surface area (Å²) in [5.41, 5.74) is 4.02. The Morgan fingerprint density at radius 3 is 2.52 bits per heavy atom.